The summed E-state index contributed by atoms with van der Waals surface area (Å²) in [7, 11) is 3.08. The first-order chi connectivity index (χ1) is 13.0. The fourth-order valence-electron chi connectivity index (χ4n) is 2.55. The van der Waals surface area contributed by atoms with Crippen LogP contribution in [0.25, 0.3) is 5.69 Å². The lowest BCUT2D eigenvalue weighted by Crippen LogP contribution is -2.23. The van der Waals surface area contributed by atoms with Gasteiger partial charge in [-0.15, -0.1) is 0 Å². The molecule has 3 aromatic rings. The van der Waals surface area contributed by atoms with Gasteiger partial charge in [0.2, 0.25) is 0 Å². The standard InChI is InChI=1S/C19H17F2N3O3/c1-26-16-6-3-12(9-17(16)27-2)11-23-18-19(25)24(8-7-22-18)13-4-5-14(20)15(21)10-13/h3-10H,11H2,1-2H3,(H,22,23). The number of rotatable bonds is 6. The van der Waals surface area contributed by atoms with Crippen LogP contribution in [-0.4, -0.2) is 23.8 Å². The molecule has 1 aromatic heterocycles. The van der Waals surface area contributed by atoms with Crippen molar-refractivity contribution in [1.82, 2.24) is 9.55 Å². The first-order valence-corrected chi connectivity index (χ1v) is 8.01. The summed E-state index contributed by atoms with van der Waals surface area (Å²) in [5.74, 6) is -0.766. The molecule has 140 valence electrons. The average molecular weight is 373 g/mol. The SMILES string of the molecule is COc1ccc(CNc2nccn(-c3ccc(F)c(F)c3)c2=O)cc1OC. The maximum absolute atomic E-state index is 13.5. The molecule has 6 nitrogen and oxygen atoms in total. The summed E-state index contributed by atoms with van der Waals surface area (Å²) in [6, 6.07) is 8.60. The molecular formula is C19H17F2N3O3. The van der Waals surface area contributed by atoms with Gasteiger partial charge in [0.25, 0.3) is 5.56 Å². The van der Waals surface area contributed by atoms with E-state index in [2.05, 4.69) is 10.3 Å². The molecule has 27 heavy (non-hydrogen) atoms. The number of methoxy groups -OCH3 is 2. The molecule has 1 heterocycles. The van der Waals surface area contributed by atoms with E-state index in [1.807, 2.05) is 6.07 Å². The molecule has 0 aliphatic carbocycles. The Hall–Kier alpha value is -3.42. The van der Waals surface area contributed by atoms with Crippen LogP contribution in [-0.2, 0) is 6.54 Å². The highest BCUT2D eigenvalue weighted by atomic mass is 19.2. The lowest BCUT2D eigenvalue weighted by Gasteiger charge is -2.11. The van der Waals surface area contributed by atoms with Gasteiger partial charge in [0, 0.05) is 25.0 Å². The molecule has 0 aliphatic rings. The van der Waals surface area contributed by atoms with Crippen molar-refractivity contribution in [2.24, 2.45) is 0 Å². The van der Waals surface area contributed by atoms with Gasteiger partial charge >= 0.3 is 0 Å². The van der Waals surface area contributed by atoms with Crippen molar-refractivity contribution in [2.45, 2.75) is 6.54 Å². The van der Waals surface area contributed by atoms with E-state index in [0.29, 0.717) is 18.0 Å². The van der Waals surface area contributed by atoms with Gasteiger partial charge in [-0.2, -0.15) is 0 Å². The number of hydrogen-bond acceptors (Lipinski definition) is 5. The summed E-state index contributed by atoms with van der Waals surface area (Å²) < 4.78 is 38.2. The summed E-state index contributed by atoms with van der Waals surface area (Å²) in [4.78, 5) is 16.6. The number of aromatic nitrogens is 2. The van der Waals surface area contributed by atoms with Gasteiger partial charge in [0.05, 0.1) is 19.9 Å². The molecule has 8 heteroatoms. The van der Waals surface area contributed by atoms with Crippen LogP contribution in [0.3, 0.4) is 0 Å². The van der Waals surface area contributed by atoms with E-state index in [4.69, 9.17) is 9.47 Å². The third kappa shape index (κ3) is 3.89. The van der Waals surface area contributed by atoms with Crippen molar-refractivity contribution in [3.8, 4) is 17.2 Å². The van der Waals surface area contributed by atoms with Gasteiger partial charge in [0.1, 0.15) is 0 Å². The van der Waals surface area contributed by atoms with Gasteiger partial charge in [-0.3, -0.25) is 9.36 Å². The zero-order valence-electron chi connectivity index (χ0n) is 14.7. The van der Waals surface area contributed by atoms with Crippen molar-refractivity contribution in [3.05, 3.63) is 76.3 Å². The van der Waals surface area contributed by atoms with Crippen LogP contribution in [0, 0.1) is 11.6 Å². The molecule has 0 fully saturated rings. The van der Waals surface area contributed by atoms with E-state index in [1.54, 1.807) is 19.2 Å². The second kappa shape index (κ2) is 7.86. The summed E-state index contributed by atoms with van der Waals surface area (Å²) in [6.07, 6.45) is 2.79. The van der Waals surface area contributed by atoms with E-state index < -0.39 is 17.2 Å². The zero-order valence-corrected chi connectivity index (χ0v) is 14.7. The maximum atomic E-state index is 13.5. The third-order valence-corrected chi connectivity index (χ3v) is 3.93. The van der Waals surface area contributed by atoms with Gasteiger partial charge < -0.3 is 14.8 Å². The highest BCUT2D eigenvalue weighted by Gasteiger charge is 2.10. The molecule has 0 saturated heterocycles. The van der Waals surface area contributed by atoms with Crippen molar-refractivity contribution in [1.29, 1.82) is 0 Å². The molecule has 0 unspecified atom stereocenters. The Kier molecular flexibility index (Phi) is 5.35. The fraction of sp³-hybridized carbons (Fsp3) is 0.158. The molecule has 0 saturated carbocycles. The van der Waals surface area contributed by atoms with Crippen LogP contribution in [0.4, 0.5) is 14.6 Å². The third-order valence-electron chi connectivity index (χ3n) is 3.93. The fourth-order valence-corrected chi connectivity index (χ4v) is 2.55. The Morgan fingerprint density at radius 3 is 2.52 bits per heavy atom. The van der Waals surface area contributed by atoms with Gasteiger partial charge in [-0.05, 0) is 29.8 Å². The minimum absolute atomic E-state index is 0.0806. The largest absolute Gasteiger partial charge is 0.493 e. The molecule has 0 spiro atoms. The Labute approximate surface area is 154 Å². The summed E-state index contributed by atoms with van der Waals surface area (Å²) in [5, 5.41) is 2.95. The minimum Gasteiger partial charge on any atom is -0.493 e. The smallest absolute Gasteiger partial charge is 0.297 e. The highest BCUT2D eigenvalue weighted by Crippen LogP contribution is 2.27. The van der Waals surface area contributed by atoms with Crippen LogP contribution in [0.15, 0.2) is 53.6 Å². The Bertz CT molecular complexity index is 1020. The number of nitrogens with zero attached hydrogens (tertiary/aromatic N) is 2. The van der Waals surface area contributed by atoms with Crippen molar-refractivity contribution in [3.63, 3.8) is 0 Å². The van der Waals surface area contributed by atoms with Gasteiger partial charge in [0.15, 0.2) is 29.0 Å². The minimum atomic E-state index is -1.03. The van der Waals surface area contributed by atoms with Gasteiger partial charge in [-0.1, -0.05) is 6.07 Å². The van der Waals surface area contributed by atoms with Crippen LogP contribution in [0.2, 0.25) is 0 Å². The first-order valence-electron chi connectivity index (χ1n) is 8.01. The summed E-state index contributed by atoms with van der Waals surface area (Å²) >= 11 is 0. The van der Waals surface area contributed by atoms with Crippen LogP contribution < -0.4 is 20.3 Å². The summed E-state index contributed by atoms with van der Waals surface area (Å²) in [5.41, 5.74) is 0.566. The molecule has 0 bridgehead atoms. The maximum Gasteiger partial charge on any atom is 0.297 e. The molecule has 3 rings (SSSR count). The van der Waals surface area contributed by atoms with Gasteiger partial charge in [-0.25, -0.2) is 13.8 Å². The number of hydrogen-bond donors (Lipinski definition) is 1. The Balaban J connectivity index is 1.84. The quantitative estimate of drug-likeness (QED) is 0.719. The molecule has 0 radical (unpaired) electrons. The summed E-state index contributed by atoms with van der Waals surface area (Å²) in [6.45, 7) is 0.310. The molecular weight excluding hydrogens is 356 g/mol. The Morgan fingerprint density at radius 2 is 1.81 bits per heavy atom. The predicted octanol–water partition coefficient (Wildman–Crippen LogP) is 3.14. The van der Waals surface area contributed by atoms with Crippen LogP contribution in [0.5, 0.6) is 11.5 Å². The second-order valence-electron chi connectivity index (χ2n) is 5.59. The molecule has 0 atom stereocenters. The normalized spacial score (nSPS) is 10.5. The molecule has 0 aliphatic heterocycles. The number of ether oxygens (including phenoxy) is 2. The number of benzene rings is 2. The van der Waals surface area contributed by atoms with E-state index in [1.165, 1.54) is 30.1 Å². The first kappa shape index (κ1) is 18.4. The monoisotopic (exact) mass is 373 g/mol. The molecule has 1 N–H and O–H groups in total. The van der Waals surface area contributed by atoms with Crippen molar-refractivity contribution in [2.75, 3.05) is 19.5 Å². The van der Waals surface area contributed by atoms with E-state index >= 15 is 0 Å². The zero-order chi connectivity index (χ0) is 19.4. The average Bonchev–Trinajstić information content (AvgIpc) is 2.69. The van der Waals surface area contributed by atoms with E-state index in [-0.39, 0.29) is 11.5 Å². The number of halogens is 2. The predicted molar refractivity (Wildman–Crippen MR) is 96.6 cm³/mol. The number of anilines is 1. The van der Waals surface area contributed by atoms with Crippen molar-refractivity contribution < 1.29 is 18.3 Å². The molecule has 2 aromatic carbocycles. The lowest BCUT2D eigenvalue weighted by molar-refractivity contribution is 0.354. The highest BCUT2D eigenvalue weighted by molar-refractivity contribution is 5.45. The topological polar surface area (TPSA) is 65.4 Å². The van der Waals surface area contributed by atoms with Crippen molar-refractivity contribution >= 4 is 5.82 Å². The van der Waals surface area contributed by atoms with Crippen LogP contribution in [0.1, 0.15) is 5.56 Å². The van der Waals surface area contributed by atoms with Crippen LogP contribution >= 0.6 is 0 Å². The second-order valence-corrected chi connectivity index (χ2v) is 5.59. The Morgan fingerprint density at radius 1 is 1.04 bits per heavy atom. The molecule has 0 amide bonds. The lowest BCUT2D eigenvalue weighted by atomic mass is 10.2. The van der Waals surface area contributed by atoms with E-state index in [9.17, 15) is 13.6 Å². The number of nitrogens with one attached hydrogen (secondary N) is 1. The van der Waals surface area contributed by atoms with E-state index in [0.717, 1.165) is 17.7 Å².